The number of pyridine rings is 1. The summed E-state index contributed by atoms with van der Waals surface area (Å²) in [5.41, 5.74) is 0.368. The van der Waals surface area contributed by atoms with Crippen molar-refractivity contribution in [1.82, 2.24) is 9.88 Å². The quantitative estimate of drug-likeness (QED) is 0.917. The smallest absolute Gasteiger partial charge is 0.345 e. The molecule has 5 nitrogen and oxygen atoms in total. The number of aromatic nitrogens is 1. The molecule has 1 saturated carbocycles. The molecule has 1 aromatic heterocycles. The second-order valence-corrected chi connectivity index (χ2v) is 6.22. The Morgan fingerprint density at radius 3 is 2.50 bits per heavy atom. The summed E-state index contributed by atoms with van der Waals surface area (Å²) in [6.07, 6.45) is -2.22. The molecule has 132 valence electrons. The molecule has 8 heteroatoms. The monoisotopic (exact) mass is 343 g/mol. The number of hydrogen-bond acceptors (Lipinski definition) is 3. The lowest BCUT2D eigenvalue weighted by atomic mass is 9.80. The summed E-state index contributed by atoms with van der Waals surface area (Å²) in [7, 11) is 3.22. The van der Waals surface area contributed by atoms with Crippen molar-refractivity contribution in [2.45, 2.75) is 31.9 Å². The van der Waals surface area contributed by atoms with Gasteiger partial charge in [0.1, 0.15) is 5.82 Å². The van der Waals surface area contributed by atoms with E-state index in [0.717, 1.165) is 0 Å². The van der Waals surface area contributed by atoms with Gasteiger partial charge in [-0.3, -0.25) is 9.59 Å². The summed E-state index contributed by atoms with van der Waals surface area (Å²) in [5.74, 6) is -2.54. The zero-order valence-corrected chi connectivity index (χ0v) is 13.6. The Morgan fingerprint density at radius 1 is 1.25 bits per heavy atom. The van der Waals surface area contributed by atoms with Gasteiger partial charge < -0.3 is 10.2 Å². The van der Waals surface area contributed by atoms with Crippen LogP contribution < -0.4 is 5.32 Å². The number of hydrogen-bond donors (Lipinski definition) is 1. The van der Waals surface area contributed by atoms with Gasteiger partial charge in [-0.25, -0.2) is 4.98 Å². The maximum atomic E-state index is 12.8. The van der Waals surface area contributed by atoms with Crippen molar-refractivity contribution in [3.63, 3.8) is 0 Å². The molecule has 0 radical (unpaired) electrons. The van der Waals surface area contributed by atoms with Crippen LogP contribution in [-0.2, 0) is 4.79 Å². The van der Waals surface area contributed by atoms with E-state index in [0.29, 0.717) is 18.4 Å². The van der Waals surface area contributed by atoms with Crippen molar-refractivity contribution in [1.29, 1.82) is 0 Å². The summed E-state index contributed by atoms with van der Waals surface area (Å²) >= 11 is 0. The zero-order valence-electron chi connectivity index (χ0n) is 13.6. The maximum absolute atomic E-state index is 12.8. The van der Waals surface area contributed by atoms with Gasteiger partial charge in [-0.15, -0.1) is 0 Å². The van der Waals surface area contributed by atoms with Crippen molar-refractivity contribution >= 4 is 17.6 Å². The van der Waals surface area contributed by atoms with Crippen molar-refractivity contribution in [2.24, 2.45) is 11.8 Å². The molecule has 1 fully saturated rings. The molecule has 1 aromatic rings. The van der Waals surface area contributed by atoms with Gasteiger partial charge in [0, 0.05) is 26.2 Å². The number of carbonyl (C=O) groups is 2. The molecule has 1 aliphatic rings. The molecular formula is C16H20F3N3O2. The second-order valence-electron chi connectivity index (χ2n) is 6.22. The third kappa shape index (κ3) is 4.46. The molecule has 2 amide bonds. The first-order valence-electron chi connectivity index (χ1n) is 7.73. The first-order chi connectivity index (χ1) is 11.2. The van der Waals surface area contributed by atoms with Gasteiger partial charge in [0.2, 0.25) is 5.91 Å². The van der Waals surface area contributed by atoms with Crippen molar-refractivity contribution < 1.29 is 22.8 Å². The molecule has 0 aliphatic heterocycles. The minimum atomic E-state index is -4.26. The summed E-state index contributed by atoms with van der Waals surface area (Å²) in [5, 5.41) is 2.54. The van der Waals surface area contributed by atoms with Gasteiger partial charge in [-0.2, -0.15) is 13.2 Å². The maximum Gasteiger partial charge on any atom is 0.391 e. The number of rotatable bonds is 3. The van der Waals surface area contributed by atoms with Gasteiger partial charge in [0.15, 0.2) is 0 Å². The molecule has 1 heterocycles. The first kappa shape index (κ1) is 18.2. The lowest BCUT2D eigenvalue weighted by Gasteiger charge is -2.29. The normalized spacial score (nSPS) is 21.2. The van der Waals surface area contributed by atoms with E-state index in [2.05, 4.69) is 10.3 Å². The minimum Gasteiger partial charge on any atom is -0.345 e. The van der Waals surface area contributed by atoms with Crippen LogP contribution >= 0.6 is 0 Å². The third-order valence-electron chi connectivity index (χ3n) is 4.18. The number of carbonyl (C=O) groups excluding carboxylic acids is 2. The molecular weight excluding hydrogens is 323 g/mol. The highest BCUT2D eigenvalue weighted by molar-refractivity contribution is 5.95. The topological polar surface area (TPSA) is 62.3 Å². The summed E-state index contributed by atoms with van der Waals surface area (Å²) in [6, 6.07) is 2.99. The highest BCUT2D eigenvalue weighted by atomic mass is 19.4. The molecule has 0 spiro atoms. The Bertz CT molecular complexity index is 600. The highest BCUT2D eigenvalue weighted by Crippen LogP contribution is 2.40. The van der Waals surface area contributed by atoms with Crippen LogP contribution in [0.1, 0.15) is 36.0 Å². The number of amides is 2. The highest BCUT2D eigenvalue weighted by Gasteiger charge is 2.43. The standard InChI is InChI=1S/C16H20F3N3O2/c1-22(2)15(24)11-6-7-13(20-9-11)21-14(23)10-4-3-5-12(8-10)16(17,18)19/h6-7,9-10,12H,3-5,8H2,1-2H3,(H,20,21,23). The molecule has 24 heavy (non-hydrogen) atoms. The predicted octanol–water partition coefficient (Wildman–Crippen LogP) is 3.09. The summed E-state index contributed by atoms with van der Waals surface area (Å²) in [6.45, 7) is 0. The number of alkyl halides is 3. The summed E-state index contributed by atoms with van der Waals surface area (Å²) < 4.78 is 38.4. The van der Waals surface area contributed by atoms with E-state index in [4.69, 9.17) is 0 Å². The molecule has 0 saturated heterocycles. The number of nitrogens with zero attached hydrogens (tertiary/aromatic N) is 2. The van der Waals surface area contributed by atoms with Crippen LogP contribution in [0.5, 0.6) is 0 Å². The van der Waals surface area contributed by atoms with Gasteiger partial charge in [0.05, 0.1) is 11.5 Å². The minimum absolute atomic E-state index is 0.0763. The average Bonchev–Trinajstić information content (AvgIpc) is 2.54. The van der Waals surface area contributed by atoms with Crippen LogP contribution in [0.2, 0.25) is 0 Å². The zero-order chi connectivity index (χ0) is 17.9. The van der Waals surface area contributed by atoms with E-state index < -0.39 is 23.9 Å². The fourth-order valence-electron chi connectivity index (χ4n) is 2.81. The van der Waals surface area contributed by atoms with E-state index in [1.165, 1.54) is 23.2 Å². The van der Waals surface area contributed by atoms with E-state index >= 15 is 0 Å². The van der Waals surface area contributed by atoms with Gasteiger partial charge in [-0.05, 0) is 31.4 Å². The van der Waals surface area contributed by atoms with E-state index in [1.807, 2.05) is 0 Å². The Morgan fingerprint density at radius 2 is 1.96 bits per heavy atom. The Kier molecular flexibility index (Phi) is 5.46. The number of halogens is 3. The fraction of sp³-hybridized carbons (Fsp3) is 0.562. The van der Waals surface area contributed by atoms with Crippen LogP contribution in [0.25, 0.3) is 0 Å². The largest absolute Gasteiger partial charge is 0.391 e. The van der Waals surface area contributed by atoms with Gasteiger partial charge >= 0.3 is 6.18 Å². The first-order valence-corrected chi connectivity index (χ1v) is 7.73. The van der Waals surface area contributed by atoms with E-state index in [-0.39, 0.29) is 24.6 Å². The predicted molar refractivity (Wildman–Crippen MR) is 82.4 cm³/mol. The third-order valence-corrected chi connectivity index (χ3v) is 4.18. The van der Waals surface area contributed by atoms with E-state index in [9.17, 15) is 22.8 Å². The molecule has 0 aromatic carbocycles. The van der Waals surface area contributed by atoms with Crippen molar-refractivity contribution in [3.8, 4) is 0 Å². The molecule has 2 atom stereocenters. The molecule has 2 unspecified atom stereocenters. The average molecular weight is 343 g/mol. The second kappa shape index (κ2) is 7.19. The van der Waals surface area contributed by atoms with Gasteiger partial charge in [0.25, 0.3) is 5.91 Å². The lowest BCUT2D eigenvalue weighted by Crippen LogP contribution is -2.34. The Labute approximate surface area is 138 Å². The lowest BCUT2D eigenvalue weighted by molar-refractivity contribution is -0.185. The van der Waals surface area contributed by atoms with Crippen LogP contribution in [0.4, 0.5) is 19.0 Å². The number of anilines is 1. The Balaban J connectivity index is 1.98. The molecule has 1 N–H and O–H groups in total. The van der Waals surface area contributed by atoms with Crippen LogP contribution in [-0.4, -0.2) is 42.0 Å². The van der Waals surface area contributed by atoms with Crippen LogP contribution in [0, 0.1) is 11.8 Å². The SMILES string of the molecule is CN(C)C(=O)c1ccc(NC(=O)C2CCCC(C(F)(F)F)C2)nc1. The fourth-order valence-corrected chi connectivity index (χ4v) is 2.81. The van der Waals surface area contributed by atoms with Gasteiger partial charge in [-0.1, -0.05) is 6.42 Å². The van der Waals surface area contributed by atoms with Crippen LogP contribution in [0.15, 0.2) is 18.3 Å². The summed E-state index contributed by atoms with van der Waals surface area (Å²) in [4.78, 5) is 29.3. The van der Waals surface area contributed by atoms with E-state index in [1.54, 1.807) is 14.1 Å². The van der Waals surface area contributed by atoms with Crippen molar-refractivity contribution in [2.75, 3.05) is 19.4 Å². The van der Waals surface area contributed by atoms with Crippen molar-refractivity contribution in [3.05, 3.63) is 23.9 Å². The molecule has 1 aliphatic carbocycles. The molecule has 2 rings (SSSR count). The van der Waals surface area contributed by atoms with Crippen LogP contribution in [0.3, 0.4) is 0 Å². The molecule has 0 bridgehead atoms. The number of nitrogens with one attached hydrogen (secondary N) is 1. The Hall–Kier alpha value is -2.12.